The Hall–Kier alpha value is -3.12. The van der Waals surface area contributed by atoms with Gasteiger partial charge in [-0.2, -0.15) is 0 Å². The maximum Gasteiger partial charge on any atom is 0.344 e. The summed E-state index contributed by atoms with van der Waals surface area (Å²) in [5, 5.41) is 0.603. The van der Waals surface area contributed by atoms with Crippen LogP contribution in [-0.2, 0) is 4.74 Å². The number of ether oxygens (including phenoxy) is 1. The Bertz CT molecular complexity index is 1180. The number of nitrogens with zero attached hydrogens (tertiary/aromatic N) is 3. The second-order valence-corrected chi connectivity index (χ2v) is 7.02. The maximum absolute atomic E-state index is 12.9. The minimum absolute atomic E-state index is 0.225. The van der Waals surface area contributed by atoms with Crippen LogP contribution in [0.2, 0.25) is 5.02 Å². The fraction of sp³-hybridized carbons (Fsp3) is 0.190. The third kappa shape index (κ3) is 3.05. The van der Waals surface area contributed by atoms with E-state index >= 15 is 0 Å². The van der Waals surface area contributed by atoms with Crippen LogP contribution in [0, 0.1) is 0 Å². The fourth-order valence-corrected chi connectivity index (χ4v) is 3.17. The molecule has 6 nitrogen and oxygen atoms in total. The van der Waals surface area contributed by atoms with E-state index in [0.29, 0.717) is 33.6 Å². The zero-order valence-electron chi connectivity index (χ0n) is 15.5. The lowest BCUT2D eigenvalue weighted by atomic mass is 10.2. The zero-order valence-corrected chi connectivity index (χ0v) is 16.3. The van der Waals surface area contributed by atoms with E-state index < -0.39 is 5.97 Å². The lowest BCUT2D eigenvalue weighted by molar-refractivity contribution is 0.0338. The van der Waals surface area contributed by atoms with Gasteiger partial charge in [-0.1, -0.05) is 30.7 Å². The molecule has 28 heavy (non-hydrogen) atoms. The second kappa shape index (κ2) is 7.13. The summed E-state index contributed by atoms with van der Waals surface area (Å²) in [4.78, 5) is 22.3. The zero-order chi connectivity index (χ0) is 19.8. The van der Waals surface area contributed by atoms with E-state index in [2.05, 4.69) is 4.98 Å². The molecule has 0 saturated carbocycles. The fourth-order valence-electron chi connectivity index (χ4n) is 3.04. The van der Waals surface area contributed by atoms with Gasteiger partial charge >= 0.3 is 5.97 Å². The van der Waals surface area contributed by atoms with Crippen molar-refractivity contribution in [2.24, 2.45) is 0 Å². The number of rotatable bonds is 4. The molecule has 0 spiro atoms. The van der Waals surface area contributed by atoms with Crippen LogP contribution in [0.4, 0.5) is 5.82 Å². The standard InChI is InChI=1S/C21H19ClN4O2/c1-3-12(2)28-21(27)17-18-20(25-16-7-5-4-6-15(16)24-18)26(19(17)23)14-10-8-13(22)9-11-14/h4-12H,3,23H2,1-2H3/t12-/m0/s1. The van der Waals surface area contributed by atoms with Gasteiger partial charge in [0.25, 0.3) is 0 Å². The number of hydrogen-bond acceptors (Lipinski definition) is 5. The van der Waals surface area contributed by atoms with Crippen molar-refractivity contribution in [3.05, 3.63) is 59.1 Å². The van der Waals surface area contributed by atoms with Gasteiger partial charge in [0, 0.05) is 10.7 Å². The molecule has 2 N–H and O–H groups in total. The molecule has 0 fully saturated rings. The van der Waals surface area contributed by atoms with Crippen LogP contribution >= 0.6 is 11.6 Å². The van der Waals surface area contributed by atoms with Crippen LogP contribution in [0.3, 0.4) is 0 Å². The van der Waals surface area contributed by atoms with Crippen molar-refractivity contribution in [2.75, 3.05) is 5.73 Å². The van der Waals surface area contributed by atoms with Gasteiger partial charge in [0.1, 0.15) is 16.9 Å². The Morgan fingerprint density at radius 3 is 2.43 bits per heavy atom. The first-order valence-corrected chi connectivity index (χ1v) is 9.41. The number of halogens is 1. The average Bonchev–Trinajstić information content (AvgIpc) is 2.97. The van der Waals surface area contributed by atoms with Crippen molar-refractivity contribution in [3.63, 3.8) is 0 Å². The third-order valence-electron chi connectivity index (χ3n) is 4.67. The number of nitrogens with two attached hydrogens (primary N) is 1. The molecule has 7 heteroatoms. The number of carbonyl (C=O) groups is 1. The van der Waals surface area contributed by atoms with Crippen LogP contribution < -0.4 is 5.73 Å². The third-order valence-corrected chi connectivity index (χ3v) is 4.92. The highest BCUT2D eigenvalue weighted by Crippen LogP contribution is 2.32. The number of fused-ring (bicyclic) bond motifs is 2. The van der Waals surface area contributed by atoms with Gasteiger partial charge in [-0.05, 0) is 49.7 Å². The highest BCUT2D eigenvalue weighted by atomic mass is 35.5. The minimum atomic E-state index is -0.505. The van der Waals surface area contributed by atoms with Gasteiger partial charge in [-0.15, -0.1) is 0 Å². The van der Waals surface area contributed by atoms with Crippen LogP contribution in [0.5, 0.6) is 0 Å². The smallest absolute Gasteiger partial charge is 0.344 e. The van der Waals surface area contributed by atoms with Crippen molar-refractivity contribution in [1.82, 2.24) is 14.5 Å². The number of para-hydroxylation sites is 2. The van der Waals surface area contributed by atoms with Crippen LogP contribution in [-0.4, -0.2) is 26.6 Å². The first kappa shape index (κ1) is 18.3. The summed E-state index contributed by atoms with van der Waals surface area (Å²) in [6.07, 6.45) is 0.477. The molecule has 4 aromatic rings. The molecule has 0 saturated heterocycles. The predicted molar refractivity (Wildman–Crippen MR) is 111 cm³/mol. The van der Waals surface area contributed by atoms with E-state index in [4.69, 9.17) is 27.1 Å². The number of esters is 1. The first-order chi connectivity index (χ1) is 13.5. The van der Waals surface area contributed by atoms with E-state index in [0.717, 1.165) is 5.69 Å². The molecule has 142 valence electrons. The van der Waals surface area contributed by atoms with E-state index in [1.807, 2.05) is 50.2 Å². The number of hydrogen-bond donors (Lipinski definition) is 1. The Morgan fingerprint density at radius 2 is 1.79 bits per heavy atom. The second-order valence-electron chi connectivity index (χ2n) is 6.58. The normalized spacial score (nSPS) is 12.4. The van der Waals surface area contributed by atoms with Crippen LogP contribution in [0.15, 0.2) is 48.5 Å². The molecule has 0 aliphatic carbocycles. The van der Waals surface area contributed by atoms with Gasteiger partial charge in [0.05, 0.1) is 17.1 Å². The Balaban J connectivity index is 2.02. The van der Waals surface area contributed by atoms with Crippen molar-refractivity contribution in [2.45, 2.75) is 26.4 Å². The Kier molecular flexibility index (Phi) is 4.65. The highest BCUT2D eigenvalue weighted by molar-refractivity contribution is 6.30. The number of nitrogen functional groups attached to an aromatic ring is 1. The van der Waals surface area contributed by atoms with Crippen LogP contribution in [0.1, 0.15) is 30.6 Å². The molecule has 0 radical (unpaired) electrons. The van der Waals surface area contributed by atoms with Gasteiger partial charge < -0.3 is 10.5 Å². The molecule has 0 amide bonds. The molecule has 0 aliphatic rings. The topological polar surface area (TPSA) is 83.0 Å². The van der Waals surface area contributed by atoms with Gasteiger partial charge in [-0.25, -0.2) is 14.8 Å². The van der Waals surface area contributed by atoms with Gasteiger partial charge in [-0.3, -0.25) is 4.57 Å². The molecular formula is C21H19ClN4O2. The number of aromatic nitrogens is 3. The lowest BCUT2D eigenvalue weighted by Crippen LogP contribution is -2.15. The molecule has 0 unspecified atom stereocenters. The summed E-state index contributed by atoms with van der Waals surface area (Å²) >= 11 is 6.02. The number of benzene rings is 2. The molecular weight excluding hydrogens is 376 g/mol. The molecule has 2 aromatic heterocycles. The first-order valence-electron chi connectivity index (χ1n) is 9.03. The summed E-state index contributed by atoms with van der Waals surface area (Å²) in [7, 11) is 0. The molecule has 2 heterocycles. The van der Waals surface area contributed by atoms with E-state index in [9.17, 15) is 4.79 Å². The Labute approximate surface area is 166 Å². The minimum Gasteiger partial charge on any atom is -0.459 e. The lowest BCUT2D eigenvalue weighted by Gasteiger charge is -2.11. The van der Waals surface area contributed by atoms with Crippen LogP contribution in [0.25, 0.3) is 27.9 Å². The van der Waals surface area contributed by atoms with E-state index in [1.54, 1.807) is 16.7 Å². The van der Waals surface area contributed by atoms with Crippen molar-refractivity contribution < 1.29 is 9.53 Å². The monoisotopic (exact) mass is 394 g/mol. The van der Waals surface area contributed by atoms with Crippen molar-refractivity contribution >= 4 is 45.6 Å². The summed E-state index contributed by atoms with van der Waals surface area (Å²) in [6, 6.07) is 14.6. The number of carbonyl (C=O) groups excluding carboxylic acids is 1. The molecule has 0 aliphatic heterocycles. The van der Waals surface area contributed by atoms with Crippen molar-refractivity contribution in [1.29, 1.82) is 0 Å². The SMILES string of the molecule is CC[C@H](C)OC(=O)c1c(N)n(-c2ccc(Cl)cc2)c2nc3ccccc3nc12. The maximum atomic E-state index is 12.9. The van der Waals surface area contributed by atoms with Crippen molar-refractivity contribution in [3.8, 4) is 5.69 Å². The summed E-state index contributed by atoms with van der Waals surface area (Å²) in [6.45, 7) is 3.79. The van der Waals surface area contributed by atoms with E-state index in [-0.39, 0.29) is 17.5 Å². The summed E-state index contributed by atoms with van der Waals surface area (Å²) < 4.78 is 7.24. The average molecular weight is 395 g/mol. The predicted octanol–water partition coefficient (Wildman–Crippen LogP) is 4.76. The molecule has 0 bridgehead atoms. The molecule has 4 rings (SSSR count). The summed E-state index contributed by atoms with van der Waals surface area (Å²) in [5.41, 5.74) is 9.68. The quantitative estimate of drug-likeness (QED) is 0.504. The Morgan fingerprint density at radius 1 is 1.14 bits per heavy atom. The molecule has 1 atom stereocenters. The number of anilines is 1. The van der Waals surface area contributed by atoms with E-state index in [1.165, 1.54) is 0 Å². The highest BCUT2D eigenvalue weighted by Gasteiger charge is 2.26. The van der Waals surface area contributed by atoms with Gasteiger partial charge in [0.15, 0.2) is 5.65 Å². The van der Waals surface area contributed by atoms with Gasteiger partial charge in [0.2, 0.25) is 0 Å². The largest absolute Gasteiger partial charge is 0.459 e. The molecule has 2 aromatic carbocycles. The summed E-state index contributed by atoms with van der Waals surface area (Å²) in [5.74, 6) is -0.268.